The largest absolute Gasteiger partial charge is 0.300 e. The van der Waals surface area contributed by atoms with E-state index in [1.807, 2.05) is 24.3 Å². The van der Waals surface area contributed by atoms with Crippen molar-refractivity contribution in [2.75, 3.05) is 11.6 Å². The number of carbonyl (C=O) groups excluding carboxylic acids is 1. The normalized spacial score (nSPS) is 19.0. The van der Waals surface area contributed by atoms with Gasteiger partial charge in [0.15, 0.2) is 6.29 Å². The SMILES string of the molecule is O=C[C@H]1CC[C@H](C[N+](=O)[O-])N(c2ccccc2)O1.O=Nc1ccccc1. The summed E-state index contributed by atoms with van der Waals surface area (Å²) in [7, 11) is 0. The summed E-state index contributed by atoms with van der Waals surface area (Å²) in [6, 6.07) is 17.5. The molecule has 0 radical (unpaired) electrons. The summed E-state index contributed by atoms with van der Waals surface area (Å²) in [5, 5.41) is 14.9. The lowest BCUT2D eigenvalue weighted by molar-refractivity contribution is -0.484. The average molecular weight is 357 g/mol. The summed E-state index contributed by atoms with van der Waals surface area (Å²) in [6.45, 7) is -0.194. The van der Waals surface area contributed by atoms with Crippen LogP contribution in [0.1, 0.15) is 12.8 Å². The second-order valence-electron chi connectivity index (χ2n) is 5.61. The van der Waals surface area contributed by atoms with Gasteiger partial charge in [0, 0.05) is 4.92 Å². The smallest absolute Gasteiger partial charge is 0.226 e. The van der Waals surface area contributed by atoms with Crippen LogP contribution in [0.15, 0.2) is 65.8 Å². The van der Waals surface area contributed by atoms with Crippen LogP contribution >= 0.6 is 0 Å². The van der Waals surface area contributed by atoms with Crippen LogP contribution < -0.4 is 5.06 Å². The zero-order chi connectivity index (χ0) is 18.8. The van der Waals surface area contributed by atoms with Gasteiger partial charge in [0.05, 0.1) is 5.69 Å². The first-order valence-corrected chi connectivity index (χ1v) is 8.10. The van der Waals surface area contributed by atoms with Gasteiger partial charge in [-0.05, 0) is 42.3 Å². The Hall–Kier alpha value is -3.13. The molecule has 26 heavy (non-hydrogen) atoms. The molecule has 3 rings (SSSR count). The molecule has 8 nitrogen and oxygen atoms in total. The third kappa shape index (κ3) is 5.75. The molecule has 0 saturated carbocycles. The Balaban J connectivity index is 0.000000254. The quantitative estimate of drug-likeness (QED) is 0.351. The average Bonchev–Trinajstić information content (AvgIpc) is 2.69. The number of aldehydes is 1. The van der Waals surface area contributed by atoms with Crippen molar-refractivity contribution in [3.8, 4) is 0 Å². The maximum atomic E-state index is 10.8. The molecule has 2 aromatic carbocycles. The number of nitrogens with zero attached hydrogens (tertiary/aromatic N) is 3. The van der Waals surface area contributed by atoms with Crippen molar-refractivity contribution < 1.29 is 14.6 Å². The molecule has 0 aromatic heterocycles. The standard InChI is InChI=1S/C12H14N2O4.C6H5NO/c15-9-12-7-6-11(8-13(16)17)14(18-12)10-4-2-1-3-5-10;8-7-6-4-2-1-3-5-6/h1-5,9,11-12H,6-8H2;1-5H/t11-,12-;/m1./s1. The Morgan fingerprint density at radius 2 is 1.73 bits per heavy atom. The highest BCUT2D eigenvalue weighted by Crippen LogP contribution is 2.26. The Kier molecular flexibility index (Phi) is 7.38. The Morgan fingerprint density at radius 3 is 2.23 bits per heavy atom. The van der Waals surface area contributed by atoms with Crippen molar-refractivity contribution in [3.63, 3.8) is 0 Å². The summed E-state index contributed by atoms with van der Waals surface area (Å²) < 4.78 is 0. The lowest BCUT2D eigenvalue weighted by atomic mass is 10.1. The Labute approximate surface area is 150 Å². The Morgan fingerprint density at radius 1 is 1.12 bits per heavy atom. The molecular weight excluding hydrogens is 338 g/mol. The molecule has 1 fully saturated rings. The van der Waals surface area contributed by atoms with E-state index in [1.165, 1.54) is 5.06 Å². The zero-order valence-corrected chi connectivity index (χ0v) is 14.0. The molecule has 1 aliphatic heterocycles. The van der Waals surface area contributed by atoms with Crippen molar-refractivity contribution in [2.24, 2.45) is 5.18 Å². The fourth-order valence-electron chi connectivity index (χ4n) is 2.52. The predicted octanol–water partition coefficient (Wildman–Crippen LogP) is 3.52. The summed E-state index contributed by atoms with van der Waals surface area (Å²) in [5.41, 5.74) is 1.21. The van der Waals surface area contributed by atoms with Crippen LogP contribution in [0.25, 0.3) is 0 Å². The number of carbonyl (C=O) groups is 1. The van der Waals surface area contributed by atoms with Gasteiger partial charge in [0.1, 0.15) is 17.8 Å². The van der Waals surface area contributed by atoms with E-state index < -0.39 is 6.10 Å². The summed E-state index contributed by atoms with van der Waals surface area (Å²) in [4.78, 5) is 36.3. The monoisotopic (exact) mass is 357 g/mol. The lowest BCUT2D eigenvalue weighted by Crippen LogP contribution is -2.47. The minimum Gasteiger partial charge on any atom is -0.300 e. The summed E-state index contributed by atoms with van der Waals surface area (Å²) in [6.07, 6.45) is 1.30. The van der Waals surface area contributed by atoms with Gasteiger partial charge >= 0.3 is 0 Å². The minimum absolute atomic E-state index is 0.194. The van der Waals surface area contributed by atoms with Crippen LogP contribution in [0.5, 0.6) is 0 Å². The highest BCUT2D eigenvalue weighted by molar-refractivity contribution is 5.57. The molecule has 0 amide bonds. The number of hydrogen-bond donors (Lipinski definition) is 0. The number of anilines is 1. The van der Waals surface area contributed by atoms with Gasteiger partial charge in [-0.25, -0.2) is 5.06 Å². The highest BCUT2D eigenvalue weighted by atomic mass is 16.7. The van der Waals surface area contributed by atoms with E-state index in [-0.39, 0.29) is 17.5 Å². The molecule has 0 aliphatic carbocycles. The summed E-state index contributed by atoms with van der Waals surface area (Å²) in [5.74, 6) is 0. The number of hydrogen-bond acceptors (Lipinski definition) is 7. The van der Waals surface area contributed by atoms with Gasteiger partial charge in [-0.15, -0.1) is 4.91 Å². The first-order valence-electron chi connectivity index (χ1n) is 8.10. The van der Waals surface area contributed by atoms with E-state index >= 15 is 0 Å². The molecule has 1 saturated heterocycles. The number of para-hydroxylation sites is 1. The lowest BCUT2D eigenvalue weighted by Gasteiger charge is -2.36. The van der Waals surface area contributed by atoms with Crippen LogP contribution in [-0.4, -0.2) is 29.9 Å². The first kappa shape index (κ1) is 19.2. The van der Waals surface area contributed by atoms with Gasteiger partial charge in [0.2, 0.25) is 6.54 Å². The van der Waals surface area contributed by atoms with E-state index in [4.69, 9.17) is 4.84 Å². The second-order valence-corrected chi connectivity index (χ2v) is 5.61. The third-order valence-electron chi connectivity index (χ3n) is 3.75. The number of hydroxylamine groups is 1. The van der Waals surface area contributed by atoms with E-state index in [0.29, 0.717) is 18.5 Å². The molecule has 1 heterocycles. The van der Waals surface area contributed by atoms with E-state index in [1.54, 1.807) is 36.4 Å². The molecule has 0 unspecified atom stereocenters. The molecule has 2 atom stereocenters. The molecule has 136 valence electrons. The van der Waals surface area contributed by atoms with Crippen LogP contribution in [0.3, 0.4) is 0 Å². The molecular formula is C18H19N3O5. The van der Waals surface area contributed by atoms with Crippen molar-refractivity contribution >= 4 is 17.7 Å². The van der Waals surface area contributed by atoms with E-state index in [2.05, 4.69) is 5.18 Å². The number of rotatable bonds is 5. The predicted molar refractivity (Wildman–Crippen MR) is 96.6 cm³/mol. The maximum Gasteiger partial charge on any atom is 0.226 e. The fraction of sp³-hybridized carbons (Fsp3) is 0.278. The van der Waals surface area contributed by atoms with Gasteiger partial charge in [-0.3, -0.25) is 15.0 Å². The third-order valence-corrected chi connectivity index (χ3v) is 3.75. The number of nitroso groups, excluding NO2 is 1. The molecule has 0 bridgehead atoms. The maximum absolute atomic E-state index is 10.8. The minimum atomic E-state index is -0.520. The van der Waals surface area contributed by atoms with Gasteiger partial charge < -0.3 is 4.79 Å². The molecule has 2 aromatic rings. The van der Waals surface area contributed by atoms with Crippen LogP contribution in [0.2, 0.25) is 0 Å². The number of benzene rings is 2. The molecule has 0 spiro atoms. The van der Waals surface area contributed by atoms with Crippen molar-refractivity contribution in [1.29, 1.82) is 0 Å². The van der Waals surface area contributed by atoms with Crippen molar-refractivity contribution in [1.82, 2.24) is 0 Å². The van der Waals surface area contributed by atoms with E-state index in [0.717, 1.165) is 12.0 Å². The van der Waals surface area contributed by atoms with Crippen molar-refractivity contribution in [2.45, 2.75) is 25.0 Å². The molecule has 0 N–H and O–H groups in total. The topological polar surface area (TPSA) is 102 Å². The number of nitro groups is 1. The second kappa shape index (κ2) is 10.00. The van der Waals surface area contributed by atoms with E-state index in [9.17, 15) is 19.8 Å². The molecule has 1 aliphatic rings. The summed E-state index contributed by atoms with van der Waals surface area (Å²) >= 11 is 0. The fourth-order valence-corrected chi connectivity index (χ4v) is 2.52. The highest BCUT2D eigenvalue weighted by Gasteiger charge is 2.32. The Bertz CT molecular complexity index is 711. The zero-order valence-electron chi connectivity index (χ0n) is 14.0. The van der Waals surface area contributed by atoms with Crippen molar-refractivity contribution in [3.05, 3.63) is 75.7 Å². The van der Waals surface area contributed by atoms with Gasteiger partial charge in [-0.1, -0.05) is 36.4 Å². The van der Waals surface area contributed by atoms with Crippen LogP contribution in [0, 0.1) is 15.0 Å². The van der Waals surface area contributed by atoms with Crippen LogP contribution in [0.4, 0.5) is 11.4 Å². The van der Waals surface area contributed by atoms with Gasteiger partial charge in [0.25, 0.3) is 0 Å². The first-order chi connectivity index (χ1) is 12.6. The molecule has 8 heteroatoms. The van der Waals surface area contributed by atoms with Crippen LogP contribution in [-0.2, 0) is 9.63 Å². The van der Waals surface area contributed by atoms with Gasteiger partial charge in [-0.2, -0.15) is 0 Å².